The Morgan fingerprint density at radius 3 is 1.88 bits per heavy atom. The van der Waals surface area contributed by atoms with Crippen LogP contribution in [-0.2, 0) is 4.43 Å². The van der Waals surface area contributed by atoms with Crippen molar-refractivity contribution in [3.63, 3.8) is 0 Å². The Morgan fingerprint density at radius 1 is 0.882 bits per heavy atom. The highest BCUT2D eigenvalue weighted by atomic mass is 28.4. The summed E-state index contributed by atoms with van der Waals surface area (Å²) in [6.07, 6.45) is 5.05. The van der Waals surface area contributed by atoms with Crippen LogP contribution in [0.2, 0.25) is 18.1 Å². The predicted molar refractivity (Wildman–Crippen MR) is 80.2 cm³/mol. The third kappa shape index (κ3) is 7.95. The molecule has 0 aliphatic heterocycles. The zero-order valence-corrected chi connectivity index (χ0v) is 13.7. The van der Waals surface area contributed by atoms with Crippen molar-refractivity contribution in [1.29, 1.82) is 0 Å². The molecule has 0 aliphatic carbocycles. The highest BCUT2D eigenvalue weighted by Gasteiger charge is 2.32. The van der Waals surface area contributed by atoms with E-state index in [0.29, 0.717) is 0 Å². The summed E-state index contributed by atoms with van der Waals surface area (Å²) in [6.45, 7) is 9.01. The van der Waals surface area contributed by atoms with E-state index in [0.717, 1.165) is 13.0 Å². The van der Waals surface area contributed by atoms with Gasteiger partial charge in [0.05, 0.1) is 0 Å². The molecule has 0 saturated carbocycles. The summed E-state index contributed by atoms with van der Waals surface area (Å²) in [6, 6.07) is 4.06. The van der Waals surface area contributed by atoms with E-state index in [1.54, 1.807) is 0 Å². The van der Waals surface area contributed by atoms with Crippen LogP contribution in [0.25, 0.3) is 0 Å². The van der Waals surface area contributed by atoms with E-state index in [4.69, 9.17) is 4.43 Å². The lowest BCUT2D eigenvalue weighted by Gasteiger charge is -2.31. The van der Waals surface area contributed by atoms with Crippen LogP contribution >= 0.6 is 0 Å². The fourth-order valence-corrected chi connectivity index (χ4v) is 6.98. The lowest BCUT2D eigenvalue weighted by atomic mass is 10.4. The van der Waals surface area contributed by atoms with E-state index < -0.39 is 8.32 Å². The molecule has 0 aromatic carbocycles. The van der Waals surface area contributed by atoms with Crippen molar-refractivity contribution in [3.8, 4) is 0 Å². The molecule has 104 valence electrons. The topological polar surface area (TPSA) is 12.5 Å². The summed E-state index contributed by atoms with van der Waals surface area (Å²) in [4.78, 5) is 2.29. The molecular weight excluding hydrogens is 226 g/mol. The molecule has 0 aliphatic rings. The van der Waals surface area contributed by atoms with Crippen molar-refractivity contribution in [3.05, 3.63) is 0 Å². The summed E-state index contributed by atoms with van der Waals surface area (Å²) >= 11 is 0. The maximum atomic E-state index is 6.36. The van der Waals surface area contributed by atoms with E-state index in [1.165, 1.54) is 43.9 Å². The fourth-order valence-electron chi connectivity index (χ4n) is 2.54. The second-order valence-corrected chi connectivity index (χ2v) is 9.59. The number of hydrogen-bond acceptors (Lipinski definition) is 2. The van der Waals surface area contributed by atoms with Gasteiger partial charge in [0.15, 0.2) is 8.32 Å². The van der Waals surface area contributed by atoms with E-state index in [9.17, 15) is 0 Å². The molecule has 3 heteroatoms. The van der Waals surface area contributed by atoms with Gasteiger partial charge in [0, 0.05) is 6.61 Å². The van der Waals surface area contributed by atoms with Gasteiger partial charge in [-0.05, 0) is 51.6 Å². The zero-order chi connectivity index (χ0) is 13.1. The highest BCUT2D eigenvalue weighted by Crippen LogP contribution is 2.27. The van der Waals surface area contributed by atoms with Crippen LogP contribution in [0.5, 0.6) is 0 Å². The van der Waals surface area contributed by atoms with E-state index in [-0.39, 0.29) is 0 Å². The quantitative estimate of drug-likeness (QED) is 0.517. The second kappa shape index (κ2) is 10.1. The molecule has 0 amide bonds. The molecule has 0 heterocycles. The minimum absolute atomic E-state index is 0.980. The molecule has 17 heavy (non-hydrogen) atoms. The molecule has 0 unspecified atom stereocenters. The van der Waals surface area contributed by atoms with Crippen molar-refractivity contribution in [1.82, 2.24) is 4.90 Å². The summed E-state index contributed by atoms with van der Waals surface area (Å²) < 4.78 is 6.36. The standard InChI is InChI=1S/C14H33NOSi/c1-6-11-16-17(12-7-2,13-8-3)14-9-10-15(4)5/h6-14H2,1-5H3. The summed E-state index contributed by atoms with van der Waals surface area (Å²) in [5.41, 5.74) is 0. The molecule has 0 fully saturated rings. The van der Waals surface area contributed by atoms with Gasteiger partial charge in [-0.25, -0.2) is 0 Å². The van der Waals surface area contributed by atoms with Crippen molar-refractivity contribution in [2.45, 2.75) is 64.6 Å². The van der Waals surface area contributed by atoms with Gasteiger partial charge >= 0.3 is 0 Å². The van der Waals surface area contributed by atoms with E-state index in [1.807, 2.05) is 0 Å². The van der Waals surface area contributed by atoms with Crippen LogP contribution in [0.4, 0.5) is 0 Å². The van der Waals surface area contributed by atoms with Gasteiger partial charge in [0.25, 0.3) is 0 Å². The maximum Gasteiger partial charge on any atom is 0.192 e. The smallest absolute Gasteiger partial charge is 0.192 e. The Hall–Kier alpha value is 0.137. The van der Waals surface area contributed by atoms with Crippen LogP contribution in [0.1, 0.15) is 46.5 Å². The van der Waals surface area contributed by atoms with Gasteiger partial charge in [-0.2, -0.15) is 0 Å². The van der Waals surface area contributed by atoms with E-state index >= 15 is 0 Å². The third-order valence-corrected chi connectivity index (χ3v) is 8.17. The molecule has 0 spiro atoms. The minimum atomic E-state index is -1.41. The minimum Gasteiger partial charge on any atom is -0.417 e. The third-order valence-electron chi connectivity index (χ3n) is 3.26. The van der Waals surface area contributed by atoms with Crippen LogP contribution in [0.3, 0.4) is 0 Å². The summed E-state index contributed by atoms with van der Waals surface area (Å²) in [5, 5.41) is 0. The van der Waals surface area contributed by atoms with Gasteiger partial charge in [0.1, 0.15) is 0 Å². The van der Waals surface area contributed by atoms with Crippen LogP contribution in [0.15, 0.2) is 0 Å². The normalized spacial score (nSPS) is 12.4. The highest BCUT2D eigenvalue weighted by molar-refractivity contribution is 6.73. The van der Waals surface area contributed by atoms with Crippen LogP contribution in [-0.4, -0.2) is 40.5 Å². The first-order chi connectivity index (χ1) is 8.10. The lowest BCUT2D eigenvalue weighted by Crippen LogP contribution is -2.38. The summed E-state index contributed by atoms with van der Waals surface area (Å²) in [7, 11) is 2.91. The van der Waals surface area contributed by atoms with Gasteiger partial charge in [0.2, 0.25) is 0 Å². The molecule has 0 aromatic heterocycles. The van der Waals surface area contributed by atoms with Gasteiger partial charge < -0.3 is 9.33 Å². The molecule has 0 N–H and O–H groups in total. The molecule has 0 atom stereocenters. The largest absolute Gasteiger partial charge is 0.417 e. The monoisotopic (exact) mass is 259 g/mol. The van der Waals surface area contributed by atoms with Crippen LogP contribution in [0, 0.1) is 0 Å². The first-order valence-electron chi connectivity index (χ1n) is 7.39. The molecule has 0 saturated heterocycles. The first kappa shape index (κ1) is 17.1. The van der Waals surface area contributed by atoms with Crippen LogP contribution < -0.4 is 0 Å². The Kier molecular flexibility index (Phi) is 10.2. The fraction of sp³-hybridized carbons (Fsp3) is 1.00. The average Bonchev–Trinajstić information content (AvgIpc) is 2.26. The maximum absolute atomic E-state index is 6.36. The molecule has 0 bridgehead atoms. The van der Waals surface area contributed by atoms with Crippen molar-refractivity contribution < 1.29 is 4.43 Å². The molecule has 0 aromatic rings. The van der Waals surface area contributed by atoms with Gasteiger partial charge in [-0.3, -0.25) is 0 Å². The molecule has 0 radical (unpaired) electrons. The van der Waals surface area contributed by atoms with Gasteiger partial charge in [-0.15, -0.1) is 0 Å². The zero-order valence-electron chi connectivity index (χ0n) is 12.7. The molecular formula is C14H33NOSi. The lowest BCUT2D eigenvalue weighted by molar-refractivity contribution is 0.292. The molecule has 0 rings (SSSR count). The Balaban J connectivity index is 4.30. The van der Waals surface area contributed by atoms with Crippen molar-refractivity contribution in [2.75, 3.05) is 27.2 Å². The van der Waals surface area contributed by atoms with Crippen molar-refractivity contribution in [2.24, 2.45) is 0 Å². The van der Waals surface area contributed by atoms with E-state index in [2.05, 4.69) is 39.8 Å². The molecule has 2 nitrogen and oxygen atoms in total. The number of rotatable bonds is 11. The number of hydrogen-bond donors (Lipinski definition) is 0. The number of nitrogens with zero attached hydrogens (tertiary/aromatic N) is 1. The Labute approximate surface area is 110 Å². The predicted octanol–water partition coefficient (Wildman–Crippen LogP) is 4.13. The van der Waals surface area contributed by atoms with Gasteiger partial charge in [-0.1, -0.05) is 33.6 Å². The second-order valence-electron chi connectivity index (χ2n) is 5.44. The average molecular weight is 260 g/mol. The SMILES string of the molecule is CCCO[Si](CCC)(CCC)CCCN(C)C. The first-order valence-corrected chi connectivity index (χ1v) is 9.92. The summed E-state index contributed by atoms with van der Waals surface area (Å²) in [5.74, 6) is 0. The van der Waals surface area contributed by atoms with Crippen molar-refractivity contribution >= 4 is 8.32 Å². The Morgan fingerprint density at radius 2 is 1.47 bits per heavy atom. The Bertz CT molecular complexity index is 168.